The lowest BCUT2D eigenvalue weighted by Crippen LogP contribution is -2.34. The molecule has 4 heterocycles. The first-order valence-electron chi connectivity index (χ1n) is 10.6. The van der Waals surface area contributed by atoms with Gasteiger partial charge in [-0.05, 0) is 37.6 Å². The van der Waals surface area contributed by atoms with E-state index in [4.69, 9.17) is 31.0 Å². The number of carbonyl (C=O) groups excluding carboxylic acids is 1. The van der Waals surface area contributed by atoms with Gasteiger partial charge in [0.1, 0.15) is 4.88 Å². The molecule has 35 heavy (non-hydrogen) atoms. The zero-order valence-corrected chi connectivity index (χ0v) is 20.3. The number of hydrogen-bond donors (Lipinski definition) is 3. The van der Waals surface area contributed by atoms with Gasteiger partial charge in [-0.2, -0.15) is 4.98 Å². The Morgan fingerprint density at radius 1 is 1.29 bits per heavy atom. The van der Waals surface area contributed by atoms with Crippen LogP contribution in [0.1, 0.15) is 29.1 Å². The molecule has 0 saturated heterocycles. The molecule has 3 N–H and O–H groups in total. The summed E-state index contributed by atoms with van der Waals surface area (Å²) in [5.74, 6) is 0.456. The lowest BCUT2D eigenvalue weighted by Gasteiger charge is -2.11. The Labute approximate surface area is 208 Å². The van der Waals surface area contributed by atoms with Crippen molar-refractivity contribution in [2.45, 2.75) is 26.5 Å². The number of carbonyl (C=O) groups is 2. The second-order valence-corrected chi connectivity index (χ2v) is 8.78. The molecule has 3 aromatic heterocycles. The molecule has 0 fully saturated rings. The van der Waals surface area contributed by atoms with E-state index >= 15 is 0 Å². The minimum atomic E-state index is -0.250. The largest absolute Gasteiger partial charge is 0.483 e. The van der Waals surface area contributed by atoms with Crippen molar-refractivity contribution in [1.82, 2.24) is 25.3 Å². The van der Waals surface area contributed by atoms with Gasteiger partial charge in [-0.1, -0.05) is 0 Å². The van der Waals surface area contributed by atoms with Crippen LogP contribution in [-0.2, 0) is 16.1 Å². The van der Waals surface area contributed by atoms with E-state index in [0.29, 0.717) is 34.6 Å². The normalized spacial score (nSPS) is 14.8. The van der Waals surface area contributed by atoms with E-state index in [1.54, 1.807) is 6.20 Å². The number of nitrogens with one attached hydrogen (secondary N) is 2. The molecule has 1 amide bonds. The lowest BCUT2D eigenvalue weighted by atomic mass is 10.1. The average Bonchev–Trinajstić information content (AvgIpc) is 3.15. The zero-order chi connectivity index (χ0) is 24.9. The number of hydrogen-bond acceptors (Lipinski definition) is 10. The van der Waals surface area contributed by atoms with Crippen LogP contribution in [0.25, 0.3) is 21.1 Å². The summed E-state index contributed by atoms with van der Waals surface area (Å²) in [5, 5.41) is 14.2. The second-order valence-electron chi connectivity index (χ2n) is 7.39. The number of halogens is 1. The monoisotopic (exact) mass is 516 g/mol. The highest BCUT2D eigenvalue weighted by atomic mass is 35.5. The van der Waals surface area contributed by atoms with Gasteiger partial charge < -0.3 is 25.2 Å². The third kappa shape index (κ3) is 5.24. The summed E-state index contributed by atoms with van der Waals surface area (Å²) in [6.45, 7) is 5.08. The zero-order valence-electron chi connectivity index (χ0n) is 18.7. The number of anilines is 1. The van der Waals surface area contributed by atoms with E-state index < -0.39 is 0 Å². The quantitative estimate of drug-likeness (QED) is 0.263. The second kappa shape index (κ2) is 10.8. The van der Waals surface area contributed by atoms with Gasteiger partial charge in [0.25, 0.3) is 12.4 Å². The smallest absolute Gasteiger partial charge is 0.290 e. The van der Waals surface area contributed by atoms with E-state index in [-0.39, 0.29) is 42.1 Å². The van der Waals surface area contributed by atoms with Crippen molar-refractivity contribution in [1.29, 1.82) is 0 Å². The van der Waals surface area contributed by atoms with Crippen LogP contribution in [0.3, 0.4) is 0 Å². The molecule has 13 heteroatoms. The molecule has 4 aromatic rings. The highest BCUT2D eigenvalue weighted by Gasteiger charge is 2.25. The third-order valence-electron chi connectivity index (χ3n) is 4.97. The maximum atomic E-state index is 12.6. The van der Waals surface area contributed by atoms with Crippen molar-refractivity contribution < 1.29 is 24.2 Å². The van der Waals surface area contributed by atoms with E-state index in [1.165, 1.54) is 17.5 Å². The van der Waals surface area contributed by atoms with Gasteiger partial charge in [-0.25, -0.2) is 15.0 Å². The summed E-state index contributed by atoms with van der Waals surface area (Å²) in [6.07, 6.45) is 3.10. The SMILES string of the molecule is CCOCc1cnc(Cl)nc1Oc1cnc2c(ccc3sc4c(c32)NC[C@@H](C)NC4=O)n1.O=CO. The number of carboxylic acid groups (broad SMARTS) is 1. The number of benzene rings is 1. The fourth-order valence-electron chi connectivity index (χ4n) is 3.49. The van der Waals surface area contributed by atoms with E-state index in [2.05, 4.69) is 30.6 Å². The summed E-state index contributed by atoms with van der Waals surface area (Å²) < 4.78 is 12.3. The van der Waals surface area contributed by atoms with Crippen LogP contribution in [0, 0.1) is 0 Å². The van der Waals surface area contributed by atoms with Crippen LogP contribution in [0.5, 0.6) is 11.8 Å². The van der Waals surface area contributed by atoms with Gasteiger partial charge in [0.2, 0.25) is 17.0 Å². The topological polar surface area (TPSA) is 148 Å². The van der Waals surface area contributed by atoms with Crippen molar-refractivity contribution in [2.24, 2.45) is 0 Å². The Kier molecular flexibility index (Phi) is 7.54. The summed E-state index contributed by atoms with van der Waals surface area (Å²) in [4.78, 5) is 39.0. The minimum Gasteiger partial charge on any atom is -0.483 e. The standard InChI is InChI=1S/C21H19ClN6O3S.CH2O2/c1-3-30-9-11-7-25-21(22)28-20(11)31-14-8-24-16-12(27-14)4-5-13-15(16)17-18(32-13)19(29)26-10(2)6-23-17;2-1-3/h4-5,7-8,10,23H,3,6,9H2,1-2H3,(H,26,29);1H,(H,2,3)/t10-;/m1./s1. The number of thiophene rings is 1. The first-order valence-corrected chi connectivity index (χ1v) is 11.8. The van der Waals surface area contributed by atoms with Crippen molar-refractivity contribution >= 4 is 62.1 Å². The summed E-state index contributed by atoms with van der Waals surface area (Å²) in [7, 11) is 0. The molecule has 11 nitrogen and oxygen atoms in total. The Balaban J connectivity index is 0.000000917. The van der Waals surface area contributed by atoms with Crippen molar-refractivity contribution in [3.63, 3.8) is 0 Å². The number of aromatic nitrogens is 4. The van der Waals surface area contributed by atoms with E-state index in [9.17, 15) is 4.79 Å². The van der Waals surface area contributed by atoms with Gasteiger partial charge in [0, 0.05) is 35.5 Å². The number of nitrogens with zero attached hydrogens (tertiary/aromatic N) is 4. The molecule has 0 unspecified atom stereocenters. The Bertz CT molecular complexity index is 1400. The van der Waals surface area contributed by atoms with Crippen LogP contribution >= 0.6 is 22.9 Å². The lowest BCUT2D eigenvalue weighted by molar-refractivity contribution is -0.122. The molecule has 182 valence electrons. The van der Waals surface area contributed by atoms with Crippen LogP contribution in [0.15, 0.2) is 24.5 Å². The fourth-order valence-corrected chi connectivity index (χ4v) is 4.70. The van der Waals surface area contributed by atoms with Gasteiger partial charge >= 0.3 is 0 Å². The van der Waals surface area contributed by atoms with Gasteiger partial charge in [0.05, 0.1) is 35.1 Å². The van der Waals surface area contributed by atoms with Crippen LogP contribution in [0.4, 0.5) is 5.69 Å². The molecule has 1 aromatic carbocycles. The maximum absolute atomic E-state index is 12.6. The Hall–Kier alpha value is -3.61. The van der Waals surface area contributed by atoms with Crippen molar-refractivity contribution in [3.05, 3.63) is 40.3 Å². The minimum absolute atomic E-state index is 0.0313. The number of amides is 1. The molecular formula is C22H21ClN6O5S. The Morgan fingerprint density at radius 3 is 2.86 bits per heavy atom. The van der Waals surface area contributed by atoms with Crippen LogP contribution in [-0.4, -0.2) is 56.6 Å². The highest BCUT2D eigenvalue weighted by molar-refractivity contribution is 7.21. The molecule has 1 aliphatic heterocycles. The van der Waals surface area contributed by atoms with Gasteiger partial charge in [0.15, 0.2) is 0 Å². The van der Waals surface area contributed by atoms with Gasteiger partial charge in [-0.3, -0.25) is 9.59 Å². The maximum Gasteiger partial charge on any atom is 0.290 e. The first-order chi connectivity index (χ1) is 16.9. The number of fused-ring (bicyclic) bond motifs is 5. The molecular weight excluding hydrogens is 496 g/mol. The summed E-state index contributed by atoms with van der Waals surface area (Å²) in [6, 6.07) is 3.83. The molecule has 0 radical (unpaired) electrons. The molecule has 1 aliphatic rings. The number of ether oxygens (including phenoxy) is 2. The molecule has 1 atom stereocenters. The molecule has 0 aliphatic carbocycles. The van der Waals surface area contributed by atoms with E-state index in [0.717, 1.165) is 15.8 Å². The molecule has 0 saturated carbocycles. The van der Waals surface area contributed by atoms with Crippen molar-refractivity contribution in [3.8, 4) is 11.8 Å². The van der Waals surface area contributed by atoms with Gasteiger partial charge in [-0.15, -0.1) is 11.3 Å². The fraction of sp³-hybridized carbons (Fsp3) is 0.273. The van der Waals surface area contributed by atoms with Crippen molar-refractivity contribution in [2.75, 3.05) is 18.5 Å². The number of rotatable bonds is 5. The first kappa shape index (κ1) is 24.5. The molecule has 5 rings (SSSR count). The summed E-state index contributed by atoms with van der Waals surface area (Å²) >= 11 is 7.39. The predicted octanol–water partition coefficient (Wildman–Crippen LogP) is 3.86. The van der Waals surface area contributed by atoms with Crippen LogP contribution < -0.4 is 15.4 Å². The highest BCUT2D eigenvalue weighted by Crippen LogP contribution is 2.40. The third-order valence-corrected chi connectivity index (χ3v) is 6.31. The van der Waals surface area contributed by atoms with E-state index in [1.807, 2.05) is 26.0 Å². The average molecular weight is 517 g/mol. The van der Waals surface area contributed by atoms with Crippen LogP contribution in [0.2, 0.25) is 5.28 Å². The predicted molar refractivity (Wildman–Crippen MR) is 131 cm³/mol. The molecule has 0 spiro atoms. The Morgan fingerprint density at radius 2 is 2.09 bits per heavy atom. The summed E-state index contributed by atoms with van der Waals surface area (Å²) in [5.41, 5.74) is 2.78. The molecule has 0 bridgehead atoms.